The second-order valence-corrected chi connectivity index (χ2v) is 5.92. The Morgan fingerprint density at radius 2 is 2.28 bits per heavy atom. The molecule has 1 atom stereocenters. The van der Waals surface area contributed by atoms with Crippen molar-refractivity contribution in [3.8, 4) is 0 Å². The number of pyridine rings is 1. The van der Waals surface area contributed by atoms with Gasteiger partial charge < -0.3 is 5.11 Å². The Balaban J connectivity index is 2.61. The Kier molecular flexibility index (Phi) is 4.17. The van der Waals surface area contributed by atoms with E-state index >= 15 is 0 Å². The van der Waals surface area contributed by atoms with Crippen molar-refractivity contribution in [1.82, 2.24) is 4.98 Å². The third-order valence-corrected chi connectivity index (χ3v) is 4.01. The van der Waals surface area contributed by atoms with Crippen molar-refractivity contribution in [3.63, 3.8) is 0 Å². The van der Waals surface area contributed by atoms with Gasteiger partial charge in [-0.2, -0.15) is 0 Å². The van der Waals surface area contributed by atoms with Crippen LogP contribution in [-0.2, 0) is 6.61 Å². The summed E-state index contributed by atoms with van der Waals surface area (Å²) < 4.78 is 15.2. The van der Waals surface area contributed by atoms with Crippen molar-refractivity contribution >= 4 is 28.2 Å². The van der Waals surface area contributed by atoms with Crippen molar-refractivity contribution < 1.29 is 9.50 Å². The van der Waals surface area contributed by atoms with Gasteiger partial charge in [-0.1, -0.05) is 6.92 Å². The highest BCUT2D eigenvalue weighted by Crippen LogP contribution is 2.40. The van der Waals surface area contributed by atoms with E-state index < -0.39 is 0 Å². The first-order valence-corrected chi connectivity index (χ1v) is 6.94. The van der Waals surface area contributed by atoms with Gasteiger partial charge in [0, 0.05) is 17.5 Å². The summed E-state index contributed by atoms with van der Waals surface area (Å²) in [4.78, 5) is 4.15. The highest BCUT2D eigenvalue weighted by atomic mass is 127. The van der Waals surface area contributed by atoms with Crippen LogP contribution in [0.3, 0.4) is 0 Å². The number of aliphatic hydroxyl groups excluding tert-OH is 1. The Labute approximate surface area is 120 Å². The normalized spacial score (nSPS) is 20.1. The Morgan fingerprint density at radius 3 is 2.89 bits per heavy atom. The smallest absolute Gasteiger partial charge is 0.128 e. The molecular formula is C14H15FINO. The van der Waals surface area contributed by atoms with Crippen LogP contribution in [0, 0.1) is 12.8 Å². The summed E-state index contributed by atoms with van der Waals surface area (Å²) in [6.45, 7) is 3.73. The second-order valence-electron chi connectivity index (χ2n) is 4.54. The van der Waals surface area contributed by atoms with Gasteiger partial charge >= 0.3 is 0 Å². The third-order valence-electron chi connectivity index (χ3n) is 3.25. The van der Waals surface area contributed by atoms with Gasteiger partial charge in [0.25, 0.3) is 0 Å². The topological polar surface area (TPSA) is 33.1 Å². The van der Waals surface area contributed by atoms with E-state index in [0.717, 1.165) is 26.8 Å². The summed E-state index contributed by atoms with van der Waals surface area (Å²) in [6, 6.07) is 1.79. The van der Waals surface area contributed by atoms with Crippen LogP contribution in [0.4, 0.5) is 4.39 Å². The molecule has 1 aliphatic carbocycles. The molecule has 2 rings (SSSR count). The molecule has 1 heterocycles. The van der Waals surface area contributed by atoms with Crippen LogP contribution in [0.15, 0.2) is 27.7 Å². The molecule has 0 saturated heterocycles. The molecule has 1 aliphatic rings. The van der Waals surface area contributed by atoms with Crippen molar-refractivity contribution in [2.24, 2.45) is 5.92 Å². The van der Waals surface area contributed by atoms with E-state index in [4.69, 9.17) is 0 Å². The predicted molar refractivity (Wildman–Crippen MR) is 78.8 cm³/mol. The molecule has 0 bridgehead atoms. The maximum Gasteiger partial charge on any atom is 0.128 e. The molecular weight excluding hydrogens is 344 g/mol. The molecule has 0 aromatic carbocycles. The molecule has 0 aliphatic heterocycles. The first-order valence-electron chi connectivity index (χ1n) is 5.86. The quantitative estimate of drug-likeness (QED) is 0.812. The molecule has 1 aromatic heterocycles. The van der Waals surface area contributed by atoms with Gasteiger partial charge in [-0.05, 0) is 68.7 Å². The zero-order valence-corrected chi connectivity index (χ0v) is 12.5. The number of aromatic nitrogens is 1. The first kappa shape index (κ1) is 13.7. The molecule has 0 saturated carbocycles. The average Bonchev–Trinajstić information content (AvgIpc) is 2.27. The minimum absolute atomic E-state index is 0.112. The van der Waals surface area contributed by atoms with Gasteiger partial charge in [0.2, 0.25) is 0 Å². The lowest BCUT2D eigenvalue weighted by atomic mass is 9.85. The fourth-order valence-corrected chi connectivity index (χ4v) is 3.28. The van der Waals surface area contributed by atoms with E-state index in [1.54, 1.807) is 18.3 Å². The standard InChI is InChI=1S/C14H15FINO/c1-8-5-10(16)6-13(15)14(8)11-3-4-17-9(2)12(11)7-18/h3-4,6,8,18H,5,7H2,1-2H3. The van der Waals surface area contributed by atoms with Gasteiger partial charge in [0.1, 0.15) is 5.83 Å². The number of rotatable bonds is 2. The van der Waals surface area contributed by atoms with E-state index in [9.17, 15) is 9.50 Å². The van der Waals surface area contributed by atoms with E-state index in [0.29, 0.717) is 5.57 Å². The molecule has 1 aromatic rings. The minimum Gasteiger partial charge on any atom is -0.392 e. The second kappa shape index (κ2) is 5.48. The summed E-state index contributed by atoms with van der Waals surface area (Å²) in [6.07, 6.45) is 4.09. The molecule has 18 heavy (non-hydrogen) atoms. The molecule has 0 fully saturated rings. The van der Waals surface area contributed by atoms with Crippen molar-refractivity contribution in [2.45, 2.75) is 26.9 Å². The summed E-state index contributed by atoms with van der Waals surface area (Å²) >= 11 is 2.17. The van der Waals surface area contributed by atoms with Crippen LogP contribution in [0.1, 0.15) is 30.2 Å². The Morgan fingerprint density at radius 1 is 1.56 bits per heavy atom. The van der Waals surface area contributed by atoms with Crippen LogP contribution < -0.4 is 0 Å². The monoisotopic (exact) mass is 359 g/mol. The fraction of sp³-hybridized carbons (Fsp3) is 0.357. The van der Waals surface area contributed by atoms with E-state index in [1.165, 1.54) is 0 Å². The molecule has 1 N–H and O–H groups in total. The zero-order chi connectivity index (χ0) is 13.3. The van der Waals surface area contributed by atoms with Crippen LogP contribution >= 0.6 is 22.6 Å². The number of hydrogen-bond acceptors (Lipinski definition) is 2. The van der Waals surface area contributed by atoms with Crippen molar-refractivity contribution in [3.05, 3.63) is 44.6 Å². The summed E-state index contributed by atoms with van der Waals surface area (Å²) in [5, 5.41) is 9.45. The molecule has 0 radical (unpaired) electrons. The minimum atomic E-state index is -0.196. The van der Waals surface area contributed by atoms with E-state index in [1.807, 2.05) is 13.8 Å². The zero-order valence-electron chi connectivity index (χ0n) is 10.4. The third kappa shape index (κ3) is 2.49. The summed E-state index contributed by atoms with van der Waals surface area (Å²) in [5.74, 6) is -0.0764. The number of aliphatic hydroxyl groups is 1. The lowest BCUT2D eigenvalue weighted by molar-refractivity contribution is 0.280. The molecule has 0 spiro atoms. The molecule has 0 amide bonds. The summed E-state index contributed by atoms with van der Waals surface area (Å²) in [7, 11) is 0. The summed E-state index contributed by atoms with van der Waals surface area (Å²) in [5.41, 5.74) is 2.95. The van der Waals surface area contributed by atoms with Gasteiger partial charge in [-0.15, -0.1) is 0 Å². The maximum atomic E-state index is 14.2. The van der Waals surface area contributed by atoms with Gasteiger partial charge in [-0.25, -0.2) is 4.39 Å². The first-order chi connectivity index (χ1) is 8.54. The molecule has 1 unspecified atom stereocenters. The van der Waals surface area contributed by atoms with Crippen molar-refractivity contribution in [1.29, 1.82) is 0 Å². The van der Waals surface area contributed by atoms with Crippen LogP contribution in [0.5, 0.6) is 0 Å². The predicted octanol–water partition coefficient (Wildman–Crippen LogP) is 3.92. The van der Waals surface area contributed by atoms with Crippen LogP contribution in [0.25, 0.3) is 5.57 Å². The lowest BCUT2D eigenvalue weighted by Crippen LogP contribution is -2.09. The number of aryl methyl sites for hydroxylation is 1. The van der Waals surface area contributed by atoms with Gasteiger partial charge in [0.05, 0.1) is 6.61 Å². The Bertz CT molecular complexity index is 537. The fourth-order valence-electron chi connectivity index (χ4n) is 2.35. The van der Waals surface area contributed by atoms with E-state index in [-0.39, 0.29) is 18.4 Å². The average molecular weight is 359 g/mol. The highest BCUT2D eigenvalue weighted by Gasteiger charge is 2.23. The number of halogens is 2. The van der Waals surface area contributed by atoms with Crippen LogP contribution in [0.2, 0.25) is 0 Å². The number of nitrogens with zero attached hydrogens (tertiary/aromatic N) is 1. The van der Waals surface area contributed by atoms with Crippen LogP contribution in [-0.4, -0.2) is 10.1 Å². The molecule has 96 valence electrons. The molecule has 4 heteroatoms. The van der Waals surface area contributed by atoms with Gasteiger partial charge in [-0.3, -0.25) is 4.98 Å². The molecule has 2 nitrogen and oxygen atoms in total. The number of allylic oxidation sites excluding steroid dienone is 4. The largest absolute Gasteiger partial charge is 0.392 e. The highest BCUT2D eigenvalue weighted by molar-refractivity contribution is 14.1. The SMILES string of the molecule is Cc1nccc(C2=C(F)C=C(I)CC2C)c1CO. The number of hydrogen-bond donors (Lipinski definition) is 1. The lowest BCUT2D eigenvalue weighted by Gasteiger charge is -2.23. The van der Waals surface area contributed by atoms with Gasteiger partial charge in [0.15, 0.2) is 0 Å². The van der Waals surface area contributed by atoms with E-state index in [2.05, 4.69) is 27.6 Å². The van der Waals surface area contributed by atoms with Crippen molar-refractivity contribution in [2.75, 3.05) is 0 Å². The Hall–Kier alpha value is -0.750. The maximum absolute atomic E-state index is 14.2.